The highest BCUT2D eigenvalue weighted by Gasteiger charge is 2.32. The second kappa shape index (κ2) is 7.83. The molecule has 0 saturated heterocycles. The maximum Gasteiger partial charge on any atom is 0.401 e. The summed E-state index contributed by atoms with van der Waals surface area (Å²) in [4.78, 5) is 12.7. The first-order chi connectivity index (χ1) is 8.99. The molecule has 0 aliphatic carbocycles. The maximum atomic E-state index is 12.4. The van der Waals surface area contributed by atoms with Crippen molar-refractivity contribution in [2.75, 3.05) is 20.2 Å². The highest BCUT2D eigenvalue weighted by molar-refractivity contribution is 5.79. The van der Waals surface area contributed by atoms with Gasteiger partial charge in [0.05, 0.1) is 13.7 Å². The van der Waals surface area contributed by atoms with Crippen molar-refractivity contribution in [2.45, 2.75) is 57.8 Å². The number of rotatable bonds is 8. The topological polar surface area (TPSA) is 55.6 Å². The number of alkyl halides is 3. The van der Waals surface area contributed by atoms with Gasteiger partial charge in [0.1, 0.15) is 5.54 Å². The molecule has 20 heavy (non-hydrogen) atoms. The molecular weight excluding hydrogens is 273 g/mol. The first kappa shape index (κ1) is 19.2. The smallest absolute Gasteiger partial charge is 0.401 e. The van der Waals surface area contributed by atoms with E-state index in [0.717, 1.165) is 0 Å². The van der Waals surface area contributed by atoms with E-state index in [-0.39, 0.29) is 6.04 Å². The lowest BCUT2D eigenvalue weighted by Crippen LogP contribution is -2.45. The fraction of sp³-hybridized carbons (Fsp3) is 0.923. The predicted octanol–water partition coefficient (Wildman–Crippen LogP) is 2.32. The Morgan fingerprint density at radius 2 is 1.85 bits per heavy atom. The summed E-state index contributed by atoms with van der Waals surface area (Å²) in [7, 11) is 1.26. The number of hydrogen-bond acceptors (Lipinski definition) is 4. The third-order valence-electron chi connectivity index (χ3n) is 3.16. The van der Waals surface area contributed by atoms with E-state index in [4.69, 9.17) is 5.73 Å². The van der Waals surface area contributed by atoms with E-state index < -0.39 is 24.2 Å². The quantitative estimate of drug-likeness (QED) is 0.552. The number of nitrogens with zero attached hydrogens (tertiary/aromatic N) is 1. The standard InChI is InChI=1S/C13H25F3N2O2/c1-10(2)18(9-13(14,15)16)8-6-5-7-12(3,17)11(19)20-4/h10H,5-9,17H2,1-4H3. The van der Waals surface area contributed by atoms with Gasteiger partial charge in [-0.25, -0.2) is 0 Å². The zero-order chi connectivity index (χ0) is 16.0. The minimum Gasteiger partial charge on any atom is -0.468 e. The Hall–Kier alpha value is -0.820. The van der Waals surface area contributed by atoms with Gasteiger partial charge in [0.15, 0.2) is 0 Å². The van der Waals surface area contributed by atoms with Crippen LogP contribution >= 0.6 is 0 Å². The van der Waals surface area contributed by atoms with E-state index in [1.165, 1.54) is 12.0 Å². The summed E-state index contributed by atoms with van der Waals surface area (Å²) in [5, 5.41) is 0. The minimum absolute atomic E-state index is 0.179. The van der Waals surface area contributed by atoms with Gasteiger partial charge < -0.3 is 10.5 Å². The van der Waals surface area contributed by atoms with Gasteiger partial charge in [0.2, 0.25) is 0 Å². The molecule has 0 radical (unpaired) electrons. The predicted molar refractivity (Wildman–Crippen MR) is 71.2 cm³/mol. The molecule has 0 aliphatic heterocycles. The number of hydrogen-bond donors (Lipinski definition) is 1. The average molecular weight is 298 g/mol. The van der Waals surface area contributed by atoms with Gasteiger partial charge in [-0.15, -0.1) is 0 Å². The fourth-order valence-corrected chi connectivity index (χ4v) is 1.89. The van der Waals surface area contributed by atoms with Gasteiger partial charge in [-0.2, -0.15) is 13.2 Å². The Morgan fingerprint density at radius 1 is 1.30 bits per heavy atom. The van der Waals surface area contributed by atoms with Crippen LogP contribution in [0, 0.1) is 0 Å². The second-order valence-electron chi connectivity index (χ2n) is 5.55. The maximum absolute atomic E-state index is 12.4. The Labute approximate surface area is 118 Å². The molecule has 0 saturated carbocycles. The molecule has 0 amide bonds. The first-order valence-corrected chi connectivity index (χ1v) is 6.67. The van der Waals surface area contributed by atoms with Crippen molar-refractivity contribution >= 4 is 5.97 Å². The number of carbonyl (C=O) groups excluding carboxylic acids is 1. The summed E-state index contributed by atoms with van der Waals surface area (Å²) in [5.41, 5.74) is 4.70. The van der Waals surface area contributed by atoms with Crippen molar-refractivity contribution in [2.24, 2.45) is 5.73 Å². The van der Waals surface area contributed by atoms with Crippen molar-refractivity contribution in [3.63, 3.8) is 0 Å². The molecule has 0 aromatic rings. The van der Waals surface area contributed by atoms with Crippen molar-refractivity contribution < 1.29 is 22.7 Å². The lowest BCUT2D eigenvalue weighted by atomic mass is 9.96. The number of methoxy groups -OCH3 is 1. The van der Waals surface area contributed by atoms with Gasteiger partial charge in [-0.3, -0.25) is 9.69 Å². The molecule has 0 aliphatic rings. The van der Waals surface area contributed by atoms with Gasteiger partial charge in [0, 0.05) is 6.04 Å². The molecule has 4 nitrogen and oxygen atoms in total. The van der Waals surface area contributed by atoms with Crippen LogP contribution < -0.4 is 5.73 Å². The van der Waals surface area contributed by atoms with Crippen LogP contribution in [-0.4, -0.2) is 48.8 Å². The average Bonchev–Trinajstić information content (AvgIpc) is 2.30. The molecule has 2 N–H and O–H groups in total. The van der Waals surface area contributed by atoms with E-state index in [2.05, 4.69) is 4.74 Å². The molecule has 120 valence electrons. The normalized spacial score (nSPS) is 15.5. The molecule has 1 atom stereocenters. The van der Waals surface area contributed by atoms with Crippen LogP contribution in [0.15, 0.2) is 0 Å². The molecule has 0 heterocycles. The summed E-state index contributed by atoms with van der Waals surface area (Å²) >= 11 is 0. The molecule has 0 rings (SSSR count). The van der Waals surface area contributed by atoms with Gasteiger partial charge in [0.25, 0.3) is 0 Å². The zero-order valence-corrected chi connectivity index (χ0v) is 12.6. The Kier molecular flexibility index (Phi) is 7.51. The molecular formula is C13H25F3N2O2. The van der Waals surface area contributed by atoms with Crippen LogP contribution in [0.4, 0.5) is 13.2 Å². The van der Waals surface area contributed by atoms with Crippen LogP contribution in [-0.2, 0) is 9.53 Å². The van der Waals surface area contributed by atoms with Crippen molar-refractivity contribution in [1.82, 2.24) is 4.90 Å². The highest BCUT2D eigenvalue weighted by Crippen LogP contribution is 2.19. The van der Waals surface area contributed by atoms with E-state index in [1.54, 1.807) is 20.8 Å². The largest absolute Gasteiger partial charge is 0.468 e. The van der Waals surface area contributed by atoms with E-state index >= 15 is 0 Å². The van der Waals surface area contributed by atoms with Crippen LogP contribution in [0.5, 0.6) is 0 Å². The van der Waals surface area contributed by atoms with Crippen molar-refractivity contribution in [3.8, 4) is 0 Å². The molecule has 0 bridgehead atoms. The van der Waals surface area contributed by atoms with Crippen LogP contribution in [0.25, 0.3) is 0 Å². The molecule has 0 aromatic heterocycles. The molecule has 0 spiro atoms. The first-order valence-electron chi connectivity index (χ1n) is 6.67. The number of nitrogens with two attached hydrogens (primary N) is 1. The van der Waals surface area contributed by atoms with E-state index in [0.29, 0.717) is 25.8 Å². The number of unbranched alkanes of at least 4 members (excludes halogenated alkanes) is 1. The number of esters is 1. The van der Waals surface area contributed by atoms with Gasteiger partial charge in [-0.05, 0) is 46.6 Å². The van der Waals surface area contributed by atoms with E-state index in [1.807, 2.05) is 0 Å². The summed E-state index contributed by atoms with van der Waals surface area (Å²) in [5.74, 6) is -0.506. The van der Waals surface area contributed by atoms with Crippen molar-refractivity contribution in [1.29, 1.82) is 0 Å². The lowest BCUT2D eigenvalue weighted by Gasteiger charge is -2.28. The Bertz CT molecular complexity index is 304. The third kappa shape index (κ3) is 7.69. The van der Waals surface area contributed by atoms with E-state index in [9.17, 15) is 18.0 Å². The number of carbonyl (C=O) groups is 1. The summed E-state index contributed by atoms with van der Waals surface area (Å²) in [6.07, 6.45) is -2.68. The van der Waals surface area contributed by atoms with Crippen LogP contribution in [0.2, 0.25) is 0 Å². The number of ether oxygens (including phenoxy) is 1. The summed E-state index contributed by atoms with van der Waals surface area (Å²) < 4.78 is 41.8. The van der Waals surface area contributed by atoms with Crippen LogP contribution in [0.1, 0.15) is 40.0 Å². The number of halogens is 3. The minimum atomic E-state index is -4.20. The second-order valence-corrected chi connectivity index (χ2v) is 5.55. The Morgan fingerprint density at radius 3 is 2.25 bits per heavy atom. The summed E-state index contributed by atoms with van der Waals surface area (Å²) in [6.45, 7) is 4.44. The summed E-state index contributed by atoms with van der Waals surface area (Å²) in [6, 6.07) is -0.179. The SMILES string of the molecule is COC(=O)C(C)(N)CCCCN(CC(F)(F)F)C(C)C. The zero-order valence-electron chi connectivity index (χ0n) is 12.6. The highest BCUT2D eigenvalue weighted by atomic mass is 19.4. The van der Waals surface area contributed by atoms with Crippen molar-refractivity contribution in [3.05, 3.63) is 0 Å². The third-order valence-corrected chi connectivity index (χ3v) is 3.16. The fourth-order valence-electron chi connectivity index (χ4n) is 1.89. The van der Waals surface area contributed by atoms with Gasteiger partial charge in [-0.1, -0.05) is 0 Å². The molecule has 7 heteroatoms. The van der Waals surface area contributed by atoms with Gasteiger partial charge >= 0.3 is 12.1 Å². The monoisotopic (exact) mass is 298 g/mol. The molecule has 0 fully saturated rings. The lowest BCUT2D eigenvalue weighted by molar-refractivity contribution is -0.149. The van der Waals surface area contributed by atoms with Crippen LogP contribution in [0.3, 0.4) is 0 Å². The molecule has 0 aromatic carbocycles. The molecule has 1 unspecified atom stereocenters. The Balaban J connectivity index is 4.17.